The number of carbonyl (C=O) groups excluding carboxylic acids is 1. The highest BCUT2D eigenvalue weighted by molar-refractivity contribution is 7.98. The van der Waals surface area contributed by atoms with Crippen LogP contribution in [0.3, 0.4) is 0 Å². The number of hydrogen-bond donors (Lipinski definition) is 2. The smallest absolute Gasteiger partial charge is 0.272 e. The predicted octanol–water partition coefficient (Wildman–Crippen LogP) is 2.18. The number of carbonyl (C=O) groups is 1. The van der Waals surface area contributed by atoms with E-state index < -0.39 is 0 Å². The van der Waals surface area contributed by atoms with E-state index in [1.165, 1.54) is 11.8 Å². The number of nitrogens with one attached hydrogen (secondary N) is 1. The Labute approximate surface area is 149 Å². The van der Waals surface area contributed by atoms with Gasteiger partial charge in [-0.15, -0.1) is 0 Å². The lowest BCUT2D eigenvalue weighted by molar-refractivity contribution is 0.0939. The first kappa shape index (κ1) is 17.6. The molecule has 0 spiro atoms. The highest BCUT2D eigenvalue weighted by Crippen LogP contribution is 2.31. The fraction of sp³-hybridized carbons (Fsp3) is 0.412. The quantitative estimate of drug-likeness (QED) is 0.548. The van der Waals surface area contributed by atoms with Gasteiger partial charge in [-0.3, -0.25) is 9.48 Å². The molecule has 132 valence electrons. The van der Waals surface area contributed by atoms with Gasteiger partial charge in [-0.05, 0) is 33.1 Å². The standard InChI is InChI=1S/C17H21N5O2S/c1-17(2,3)22-14-11(13(21-22)15(24)18-7-8-23)6-5-10-9-19-16(25-4)20-12(10)14/h5-6,9,23H,7-8H2,1-4H3,(H,18,24). The Hall–Kier alpha value is -2.19. The second-order valence-electron chi connectivity index (χ2n) is 6.67. The molecule has 3 rings (SSSR count). The lowest BCUT2D eigenvalue weighted by Gasteiger charge is -2.21. The minimum absolute atomic E-state index is 0.114. The van der Waals surface area contributed by atoms with Gasteiger partial charge in [-0.2, -0.15) is 5.10 Å². The zero-order valence-corrected chi connectivity index (χ0v) is 15.5. The average molecular weight is 359 g/mol. The maximum absolute atomic E-state index is 12.5. The second-order valence-corrected chi connectivity index (χ2v) is 7.44. The Morgan fingerprint density at radius 3 is 2.76 bits per heavy atom. The molecular weight excluding hydrogens is 338 g/mol. The molecule has 0 aliphatic heterocycles. The number of fused-ring (bicyclic) bond motifs is 3. The number of amides is 1. The maximum atomic E-state index is 12.5. The van der Waals surface area contributed by atoms with Crippen molar-refractivity contribution in [2.24, 2.45) is 0 Å². The van der Waals surface area contributed by atoms with Crippen LogP contribution in [-0.4, -0.2) is 50.2 Å². The molecule has 2 N–H and O–H groups in total. The van der Waals surface area contributed by atoms with Crippen molar-refractivity contribution in [3.63, 3.8) is 0 Å². The van der Waals surface area contributed by atoms with Crippen LogP contribution in [0.5, 0.6) is 0 Å². The van der Waals surface area contributed by atoms with Crippen LogP contribution in [0.25, 0.3) is 21.8 Å². The monoisotopic (exact) mass is 359 g/mol. The van der Waals surface area contributed by atoms with E-state index in [1.807, 2.05) is 43.8 Å². The van der Waals surface area contributed by atoms with E-state index >= 15 is 0 Å². The molecule has 8 heteroatoms. The van der Waals surface area contributed by atoms with Crippen LogP contribution in [0.4, 0.5) is 0 Å². The number of benzene rings is 1. The Kier molecular flexibility index (Phi) is 4.66. The van der Waals surface area contributed by atoms with Gasteiger partial charge >= 0.3 is 0 Å². The van der Waals surface area contributed by atoms with Crippen molar-refractivity contribution in [2.75, 3.05) is 19.4 Å². The summed E-state index contributed by atoms with van der Waals surface area (Å²) in [7, 11) is 0. The summed E-state index contributed by atoms with van der Waals surface area (Å²) in [6, 6.07) is 3.78. The number of hydrogen-bond acceptors (Lipinski definition) is 6. The molecule has 2 aromatic heterocycles. The van der Waals surface area contributed by atoms with E-state index in [4.69, 9.17) is 5.11 Å². The van der Waals surface area contributed by atoms with Crippen LogP contribution in [0.2, 0.25) is 0 Å². The van der Waals surface area contributed by atoms with Crippen LogP contribution >= 0.6 is 11.8 Å². The van der Waals surface area contributed by atoms with Crippen LogP contribution in [0, 0.1) is 0 Å². The van der Waals surface area contributed by atoms with Crippen LogP contribution in [0.15, 0.2) is 23.5 Å². The summed E-state index contributed by atoms with van der Waals surface area (Å²) in [6.45, 7) is 6.17. The fourth-order valence-corrected chi connectivity index (χ4v) is 3.02. The molecule has 0 radical (unpaired) electrons. The summed E-state index contributed by atoms with van der Waals surface area (Å²) in [5.74, 6) is -0.305. The third-order valence-corrected chi connectivity index (χ3v) is 4.36. The molecule has 2 heterocycles. The predicted molar refractivity (Wildman–Crippen MR) is 99.0 cm³/mol. The third kappa shape index (κ3) is 3.19. The summed E-state index contributed by atoms with van der Waals surface area (Å²) in [5.41, 5.74) is 1.61. The molecule has 0 atom stereocenters. The number of aliphatic hydroxyl groups excluding tert-OH is 1. The van der Waals surface area contributed by atoms with Gasteiger partial charge < -0.3 is 10.4 Å². The van der Waals surface area contributed by atoms with E-state index in [0.29, 0.717) is 10.9 Å². The molecule has 1 aromatic carbocycles. The molecule has 0 fully saturated rings. The molecule has 0 saturated heterocycles. The van der Waals surface area contributed by atoms with Crippen molar-refractivity contribution in [2.45, 2.75) is 31.5 Å². The summed E-state index contributed by atoms with van der Waals surface area (Å²) in [5, 5.41) is 18.5. The van der Waals surface area contributed by atoms with Gasteiger partial charge in [-0.25, -0.2) is 9.97 Å². The van der Waals surface area contributed by atoms with Crippen LogP contribution in [0.1, 0.15) is 31.3 Å². The van der Waals surface area contributed by atoms with Gasteiger partial charge in [0.25, 0.3) is 5.91 Å². The summed E-state index contributed by atoms with van der Waals surface area (Å²) in [6.07, 6.45) is 3.72. The first-order valence-corrected chi connectivity index (χ1v) is 9.21. The molecular formula is C17H21N5O2S. The zero-order valence-electron chi connectivity index (χ0n) is 14.7. The van der Waals surface area contributed by atoms with Crippen molar-refractivity contribution in [1.82, 2.24) is 25.1 Å². The van der Waals surface area contributed by atoms with Gasteiger partial charge in [0.1, 0.15) is 5.52 Å². The Balaban J connectivity index is 2.34. The molecule has 0 aliphatic rings. The van der Waals surface area contributed by atoms with Gasteiger partial charge in [0.2, 0.25) is 0 Å². The van der Waals surface area contributed by atoms with Crippen molar-refractivity contribution >= 4 is 39.5 Å². The van der Waals surface area contributed by atoms with Crippen molar-refractivity contribution in [1.29, 1.82) is 0 Å². The highest BCUT2D eigenvalue weighted by Gasteiger charge is 2.25. The highest BCUT2D eigenvalue weighted by atomic mass is 32.2. The number of aromatic nitrogens is 4. The minimum Gasteiger partial charge on any atom is -0.395 e. The van der Waals surface area contributed by atoms with E-state index in [2.05, 4.69) is 20.4 Å². The number of aliphatic hydroxyl groups is 1. The molecule has 25 heavy (non-hydrogen) atoms. The molecule has 1 amide bonds. The summed E-state index contributed by atoms with van der Waals surface area (Å²) < 4.78 is 1.84. The zero-order chi connectivity index (χ0) is 18.2. The maximum Gasteiger partial charge on any atom is 0.272 e. The summed E-state index contributed by atoms with van der Waals surface area (Å²) in [4.78, 5) is 21.5. The van der Waals surface area contributed by atoms with Crippen molar-refractivity contribution in [3.05, 3.63) is 24.0 Å². The van der Waals surface area contributed by atoms with Crippen molar-refractivity contribution in [3.8, 4) is 0 Å². The minimum atomic E-state index is -0.327. The van der Waals surface area contributed by atoms with E-state index in [-0.39, 0.29) is 24.6 Å². The lowest BCUT2D eigenvalue weighted by atomic mass is 10.1. The Bertz CT molecular complexity index is 945. The Morgan fingerprint density at radius 1 is 1.36 bits per heavy atom. The molecule has 0 unspecified atom stereocenters. The van der Waals surface area contributed by atoms with Crippen molar-refractivity contribution < 1.29 is 9.90 Å². The topological polar surface area (TPSA) is 92.9 Å². The Morgan fingerprint density at radius 2 is 2.12 bits per heavy atom. The van der Waals surface area contributed by atoms with Crippen LogP contribution < -0.4 is 5.32 Å². The lowest BCUT2D eigenvalue weighted by Crippen LogP contribution is -2.28. The van der Waals surface area contributed by atoms with E-state index in [0.717, 1.165) is 21.8 Å². The molecule has 0 bridgehead atoms. The summed E-state index contributed by atoms with van der Waals surface area (Å²) >= 11 is 1.47. The molecule has 0 saturated carbocycles. The van der Waals surface area contributed by atoms with Crippen LogP contribution in [-0.2, 0) is 5.54 Å². The second kappa shape index (κ2) is 6.61. The van der Waals surface area contributed by atoms with Gasteiger partial charge in [-0.1, -0.05) is 17.8 Å². The van der Waals surface area contributed by atoms with Gasteiger partial charge in [0.05, 0.1) is 17.7 Å². The molecule has 3 aromatic rings. The van der Waals surface area contributed by atoms with E-state index in [9.17, 15) is 4.79 Å². The largest absolute Gasteiger partial charge is 0.395 e. The van der Waals surface area contributed by atoms with Gasteiger partial charge in [0, 0.05) is 23.5 Å². The third-order valence-electron chi connectivity index (χ3n) is 3.80. The first-order chi connectivity index (χ1) is 11.9. The van der Waals surface area contributed by atoms with Gasteiger partial charge in [0.15, 0.2) is 10.9 Å². The number of thioether (sulfide) groups is 1. The molecule has 0 aliphatic carbocycles. The number of rotatable bonds is 4. The molecule has 7 nitrogen and oxygen atoms in total. The SMILES string of the molecule is CSc1ncc2ccc3c(C(=O)NCCO)nn(C(C)(C)C)c3c2n1. The normalized spacial score (nSPS) is 12.0. The average Bonchev–Trinajstić information content (AvgIpc) is 2.99. The fourth-order valence-electron chi connectivity index (χ4n) is 2.68. The number of nitrogens with zero attached hydrogens (tertiary/aromatic N) is 4. The first-order valence-electron chi connectivity index (χ1n) is 7.99. The van der Waals surface area contributed by atoms with E-state index in [1.54, 1.807) is 6.20 Å².